The maximum atomic E-state index is 5.97. The van der Waals surface area contributed by atoms with Crippen LogP contribution in [0.15, 0.2) is 12.1 Å². The van der Waals surface area contributed by atoms with Gasteiger partial charge in [0, 0.05) is 18.6 Å². The Morgan fingerprint density at radius 3 is 2.86 bits per heavy atom. The van der Waals surface area contributed by atoms with Crippen LogP contribution in [0.5, 0.6) is 5.88 Å². The lowest BCUT2D eigenvalue weighted by atomic mass is 10.1. The summed E-state index contributed by atoms with van der Waals surface area (Å²) in [6.07, 6.45) is 3.79. The first-order valence-electron chi connectivity index (χ1n) is 7.88. The first kappa shape index (κ1) is 14.4. The zero-order valence-corrected chi connectivity index (χ0v) is 13.2. The summed E-state index contributed by atoms with van der Waals surface area (Å²) < 4.78 is 5.84. The Morgan fingerprint density at radius 2 is 2.10 bits per heavy atom. The fourth-order valence-corrected chi connectivity index (χ4v) is 3.34. The van der Waals surface area contributed by atoms with E-state index >= 15 is 0 Å². The smallest absolute Gasteiger partial charge is 0.239 e. The van der Waals surface area contributed by atoms with E-state index in [1.807, 2.05) is 32.9 Å². The van der Waals surface area contributed by atoms with Crippen molar-refractivity contribution >= 4 is 11.5 Å². The molecule has 2 atom stereocenters. The number of nitrogens with one attached hydrogen (secondary N) is 1. The van der Waals surface area contributed by atoms with Crippen LogP contribution in [-0.2, 0) is 0 Å². The quantitative estimate of drug-likeness (QED) is 0.895. The lowest BCUT2D eigenvalue weighted by molar-refractivity contribution is 0.125. The summed E-state index contributed by atoms with van der Waals surface area (Å²) in [4.78, 5) is 7.14. The summed E-state index contributed by atoms with van der Waals surface area (Å²) in [5.41, 5.74) is 6.26. The average Bonchev–Trinajstić information content (AvgIpc) is 2.96. The highest BCUT2D eigenvalue weighted by atomic mass is 16.5. The summed E-state index contributed by atoms with van der Waals surface area (Å²) in [5.74, 6) is 1.39. The SMILES string of the molecule is CC(C)(C)Oc1nc(NC2CCN3CCCC23)ccc1N. The van der Waals surface area contributed by atoms with Gasteiger partial charge >= 0.3 is 0 Å². The molecule has 0 aliphatic carbocycles. The van der Waals surface area contributed by atoms with Crippen LogP contribution in [0.4, 0.5) is 11.5 Å². The molecular formula is C16H26N4O. The normalized spacial score (nSPS) is 25.9. The molecule has 0 radical (unpaired) electrons. The molecule has 2 fully saturated rings. The van der Waals surface area contributed by atoms with E-state index in [4.69, 9.17) is 10.5 Å². The molecule has 3 heterocycles. The Hall–Kier alpha value is -1.49. The molecule has 116 valence electrons. The highest BCUT2D eigenvalue weighted by Gasteiger charge is 2.37. The van der Waals surface area contributed by atoms with Crippen molar-refractivity contribution in [3.63, 3.8) is 0 Å². The number of pyridine rings is 1. The molecule has 0 spiro atoms. The van der Waals surface area contributed by atoms with Gasteiger partial charge in [-0.3, -0.25) is 4.90 Å². The number of rotatable bonds is 3. The molecule has 3 N–H and O–H groups in total. The van der Waals surface area contributed by atoms with E-state index in [0.717, 1.165) is 5.82 Å². The molecule has 5 heteroatoms. The van der Waals surface area contributed by atoms with Crippen LogP contribution < -0.4 is 15.8 Å². The highest BCUT2D eigenvalue weighted by molar-refractivity contribution is 5.54. The molecule has 1 aromatic rings. The Bertz CT molecular complexity index is 511. The van der Waals surface area contributed by atoms with Crippen LogP contribution in [0.3, 0.4) is 0 Å². The number of ether oxygens (including phenoxy) is 1. The molecule has 2 saturated heterocycles. The lowest BCUT2D eigenvalue weighted by Gasteiger charge is -2.24. The van der Waals surface area contributed by atoms with Crippen LogP contribution >= 0.6 is 0 Å². The van der Waals surface area contributed by atoms with Crippen molar-refractivity contribution in [2.24, 2.45) is 0 Å². The monoisotopic (exact) mass is 290 g/mol. The molecule has 5 nitrogen and oxygen atoms in total. The van der Waals surface area contributed by atoms with E-state index in [-0.39, 0.29) is 5.60 Å². The van der Waals surface area contributed by atoms with Gasteiger partial charge in [0.25, 0.3) is 0 Å². The van der Waals surface area contributed by atoms with Crippen LogP contribution in [0.1, 0.15) is 40.0 Å². The number of nitrogens with zero attached hydrogens (tertiary/aromatic N) is 2. The van der Waals surface area contributed by atoms with E-state index in [2.05, 4.69) is 15.2 Å². The van der Waals surface area contributed by atoms with E-state index in [0.29, 0.717) is 23.7 Å². The number of anilines is 2. The van der Waals surface area contributed by atoms with E-state index in [1.54, 1.807) is 0 Å². The molecule has 0 bridgehead atoms. The summed E-state index contributed by atoms with van der Waals surface area (Å²) in [7, 11) is 0. The molecule has 0 aromatic carbocycles. The summed E-state index contributed by atoms with van der Waals surface area (Å²) in [5, 5.41) is 3.58. The Morgan fingerprint density at radius 1 is 1.29 bits per heavy atom. The van der Waals surface area contributed by atoms with Gasteiger partial charge in [0.1, 0.15) is 11.4 Å². The molecule has 2 aliphatic heterocycles. The van der Waals surface area contributed by atoms with Crippen molar-refractivity contribution in [2.75, 3.05) is 24.1 Å². The fraction of sp³-hybridized carbons (Fsp3) is 0.688. The van der Waals surface area contributed by atoms with E-state index < -0.39 is 0 Å². The predicted octanol–water partition coefficient (Wildman–Crippen LogP) is 2.49. The number of hydrogen-bond donors (Lipinski definition) is 2. The second-order valence-electron chi connectivity index (χ2n) is 7.09. The summed E-state index contributed by atoms with van der Waals surface area (Å²) in [6, 6.07) is 4.97. The maximum absolute atomic E-state index is 5.97. The minimum Gasteiger partial charge on any atom is -0.470 e. The van der Waals surface area contributed by atoms with Gasteiger partial charge in [0.15, 0.2) is 0 Å². The van der Waals surface area contributed by atoms with Crippen LogP contribution in [0.25, 0.3) is 0 Å². The number of fused-ring (bicyclic) bond motifs is 1. The second-order valence-corrected chi connectivity index (χ2v) is 7.09. The topological polar surface area (TPSA) is 63.4 Å². The van der Waals surface area contributed by atoms with Crippen LogP contribution in [0, 0.1) is 0 Å². The molecule has 2 aliphatic rings. The van der Waals surface area contributed by atoms with Crippen molar-refractivity contribution in [1.29, 1.82) is 0 Å². The Labute approximate surface area is 126 Å². The highest BCUT2D eigenvalue weighted by Crippen LogP contribution is 2.31. The Balaban J connectivity index is 1.72. The minimum absolute atomic E-state index is 0.296. The number of nitrogen functional groups attached to an aromatic ring is 1. The van der Waals surface area contributed by atoms with Gasteiger partial charge in [-0.25, -0.2) is 0 Å². The number of aromatic nitrogens is 1. The molecule has 0 saturated carbocycles. The first-order chi connectivity index (χ1) is 9.92. The van der Waals surface area contributed by atoms with Gasteiger partial charge in [-0.15, -0.1) is 0 Å². The predicted molar refractivity (Wildman–Crippen MR) is 85.7 cm³/mol. The summed E-state index contributed by atoms with van der Waals surface area (Å²) in [6.45, 7) is 8.45. The zero-order chi connectivity index (χ0) is 15.0. The molecule has 0 amide bonds. The zero-order valence-electron chi connectivity index (χ0n) is 13.2. The number of nitrogens with two attached hydrogens (primary N) is 1. The van der Waals surface area contributed by atoms with Crippen molar-refractivity contribution in [2.45, 2.75) is 57.7 Å². The molecule has 21 heavy (non-hydrogen) atoms. The minimum atomic E-state index is -0.296. The van der Waals surface area contributed by atoms with Gasteiger partial charge in [-0.1, -0.05) is 0 Å². The van der Waals surface area contributed by atoms with Gasteiger partial charge in [0.2, 0.25) is 5.88 Å². The van der Waals surface area contributed by atoms with Crippen LogP contribution in [-0.4, -0.2) is 40.7 Å². The van der Waals surface area contributed by atoms with E-state index in [9.17, 15) is 0 Å². The van der Waals surface area contributed by atoms with Crippen LogP contribution in [0.2, 0.25) is 0 Å². The van der Waals surface area contributed by atoms with Crippen molar-refractivity contribution in [3.8, 4) is 5.88 Å². The van der Waals surface area contributed by atoms with Gasteiger partial charge < -0.3 is 15.8 Å². The third kappa shape index (κ3) is 3.23. The first-order valence-corrected chi connectivity index (χ1v) is 7.88. The van der Waals surface area contributed by atoms with Gasteiger partial charge in [-0.2, -0.15) is 4.98 Å². The van der Waals surface area contributed by atoms with E-state index in [1.165, 1.54) is 32.4 Å². The standard InChI is InChI=1S/C16H26N4O/c1-16(2,3)21-15-11(17)6-7-14(19-15)18-12-8-10-20-9-4-5-13(12)20/h6-7,12-13H,4-5,8-10,17H2,1-3H3,(H,18,19). The summed E-state index contributed by atoms with van der Waals surface area (Å²) >= 11 is 0. The molecule has 1 aromatic heterocycles. The second kappa shape index (κ2) is 5.37. The molecular weight excluding hydrogens is 264 g/mol. The van der Waals surface area contributed by atoms with Gasteiger partial charge in [-0.05, 0) is 58.7 Å². The van der Waals surface area contributed by atoms with Crippen molar-refractivity contribution in [3.05, 3.63) is 12.1 Å². The molecule has 2 unspecified atom stereocenters. The number of hydrogen-bond acceptors (Lipinski definition) is 5. The fourth-order valence-electron chi connectivity index (χ4n) is 3.34. The average molecular weight is 290 g/mol. The maximum Gasteiger partial charge on any atom is 0.239 e. The third-order valence-electron chi connectivity index (χ3n) is 4.23. The van der Waals surface area contributed by atoms with Crippen molar-refractivity contribution in [1.82, 2.24) is 9.88 Å². The van der Waals surface area contributed by atoms with Crippen molar-refractivity contribution < 1.29 is 4.74 Å². The van der Waals surface area contributed by atoms with Gasteiger partial charge in [0.05, 0.1) is 5.69 Å². The Kier molecular flexibility index (Phi) is 3.69. The largest absolute Gasteiger partial charge is 0.470 e. The third-order valence-corrected chi connectivity index (χ3v) is 4.23. The lowest BCUT2D eigenvalue weighted by Crippen LogP contribution is -2.34. The molecule has 3 rings (SSSR count).